The molecule has 0 saturated heterocycles. The van der Waals surface area contributed by atoms with Crippen molar-refractivity contribution in [3.05, 3.63) is 59.2 Å². The Labute approximate surface area is 133 Å². The van der Waals surface area contributed by atoms with Gasteiger partial charge < -0.3 is 5.32 Å². The molecule has 4 nitrogen and oxygen atoms in total. The fourth-order valence-corrected chi connectivity index (χ4v) is 2.64. The minimum Gasteiger partial charge on any atom is -0.322 e. The third kappa shape index (κ3) is 3.73. The summed E-state index contributed by atoms with van der Waals surface area (Å²) in [5, 5.41) is 2.67. The number of hydrogen-bond donors (Lipinski definition) is 1. The number of amides is 1. The third-order valence-corrected chi connectivity index (χ3v) is 4.84. The highest BCUT2D eigenvalue weighted by atomic mass is 32.2. The molecule has 0 aliphatic heterocycles. The topological polar surface area (TPSA) is 63.2 Å². The van der Waals surface area contributed by atoms with Crippen molar-refractivity contribution in [3.8, 4) is 0 Å². The largest absolute Gasteiger partial charge is 0.341 e. The molecule has 0 saturated carbocycles. The Bertz CT molecular complexity index is 831. The maximum Gasteiger partial charge on any atom is 0.341 e. The van der Waals surface area contributed by atoms with Crippen LogP contribution in [-0.2, 0) is 9.84 Å². The zero-order chi connectivity index (χ0) is 17.2. The summed E-state index contributed by atoms with van der Waals surface area (Å²) in [6, 6.07) is 9.81. The Morgan fingerprint density at radius 3 is 2.13 bits per heavy atom. The van der Waals surface area contributed by atoms with Crippen molar-refractivity contribution >= 4 is 21.4 Å². The molecule has 2 aromatic rings. The van der Waals surface area contributed by atoms with E-state index >= 15 is 0 Å². The van der Waals surface area contributed by atoms with Gasteiger partial charge in [-0.2, -0.15) is 8.78 Å². The molecule has 1 amide bonds. The van der Waals surface area contributed by atoms with Crippen LogP contribution in [0.5, 0.6) is 0 Å². The van der Waals surface area contributed by atoms with Gasteiger partial charge in [0.2, 0.25) is 9.84 Å². The molecule has 0 atom stereocenters. The van der Waals surface area contributed by atoms with E-state index in [0.717, 1.165) is 23.3 Å². The van der Waals surface area contributed by atoms with E-state index in [0.29, 0.717) is 5.69 Å². The van der Waals surface area contributed by atoms with Crippen LogP contribution in [0.25, 0.3) is 0 Å². The van der Waals surface area contributed by atoms with Gasteiger partial charge in [-0.25, -0.2) is 8.42 Å². The Morgan fingerprint density at radius 2 is 1.61 bits per heavy atom. The number of aryl methyl sites for hydroxylation is 2. The lowest BCUT2D eigenvalue weighted by molar-refractivity contribution is 0.102. The maximum atomic E-state index is 12.4. The average molecular weight is 339 g/mol. The number of rotatable bonds is 4. The van der Waals surface area contributed by atoms with Crippen LogP contribution in [0.4, 0.5) is 14.5 Å². The SMILES string of the molecule is Cc1ccc(NC(=O)c2ccc(S(=O)(=O)C(F)F)cc2)cc1C. The Kier molecular flexibility index (Phi) is 4.79. The van der Waals surface area contributed by atoms with Gasteiger partial charge >= 0.3 is 5.76 Å². The molecule has 7 heteroatoms. The van der Waals surface area contributed by atoms with Crippen molar-refractivity contribution in [2.24, 2.45) is 0 Å². The molecule has 122 valence electrons. The molecule has 0 radical (unpaired) electrons. The zero-order valence-electron chi connectivity index (χ0n) is 12.5. The summed E-state index contributed by atoms with van der Waals surface area (Å²) in [5.41, 5.74) is 2.88. The first-order valence-electron chi connectivity index (χ1n) is 6.72. The second kappa shape index (κ2) is 6.45. The molecule has 0 spiro atoms. The predicted octanol–water partition coefficient (Wildman–Crippen LogP) is 3.55. The molecule has 1 N–H and O–H groups in total. The number of hydrogen-bond acceptors (Lipinski definition) is 3. The number of carbonyl (C=O) groups excluding carboxylic acids is 1. The van der Waals surface area contributed by atoms with Crippen molar-refractivity contribution in [2.45, 2.75) is 24.5 Å². The zero-order valence-corrected chi connectivity index (χ0v) is 13.3. The van der Waals surface area contributed by atoms with Crippen molar-refractivity contribution < 1.29 is 22.0 Å². The van der Waals surface area contributed by atoms with Gasteiger partial charge in [0.15, 0.2) is 0 Å². The van der Waals surface area contributed by atoms with Crippen molar-refractivity contribution in [1.82, 2.24) is 0 Å². The maximum absolute atomic E-state index is 12.4. The minimum atomic E-state index is -4.65. The van der Waals surface area contributed by atoms with Gasteiger partial charge in [0.05, 0.1) is 4.90 Å². The van der Waals surface area contributed by atoms with Crippen LogP contribution in [0.2, 0.25) is 0 Å². The molecule has 0 unspecified atom stereocenters. The van der Waals surface area contributed by atoms with Crippen molar-refractivity contribution in [3.63, 3.8) is 0 Å². The molecular formula is C16H15F2NO3S. The summed E-state index contributed by atoms with van der Waals surface area (Å²) in [5.74, 6) is -3.94. The number of alkyl halides is 2. The number of benzene rings is 2. The average Bonchev–Trinajstić information content (AvgIpc) is 2.51. The van der Waals surface area contributed by atoms with E-state index < -0.39 is 26.4 Å². The summed E-state index contributed by atoms with van der Waals surface area (Å²) in [6.45, 7) is 3.86. The molecule has 0 aromatic heterocycles. The van der Waals surface area contributed by atoms with Crippen LogP contribution in [-0.4, -0.2) is 20.1 Å². The number of nitrogens with one attached hydrogen (secondary N) is 1. The molecule has 0 aliphatic carbocycles. The summed E-state index contributed by atoms with van der Waals surface area (Å²) in [4.78, 5) is 11.6. The van der Waals surface area contributed by atoms with Crippen LogP contribution >= 0.6 is 0 Å². The summed E-state index contributed by atoms with van der Waals surface area (Å²) < 4.78 is 47.5. The van der Waals surface area contributed by atoms with Gasteiger partial charge in [-0.05, 0) is 61.4 Å². The first-order chi connectivity index (χ1) is 10.7. The van der Waals surface area contributed by atoms with E-state index in [-0.39, 0.29) is 5.56 Å². The molecule has 23 heavy (non-hydrogen) atoms. The number of sulfone groups is 1. The van der Waals surface area contributed by atoms with Crippen molar-refractivity contribution in [1.29, 1.82) is 0 Å². The third-order valence-electron chi connectivity index (χ3n) is 3.44. The summed E-state index contributed by atoms with van der Waals surface area (Å²) >= 11 is 0. The fraction of sp³-hybridized carbons (Fsp3) is 0.188. The standard InChI is InChI=1S/C16H15F2NO3S/c1-10-3-6-13(9-11(10)2)19-15(20)12-4-7-14(8-5-12)23(21,22)16(17)18/h3-9,16H,1-2H3,(H,19,20). The van der Waals surface area contributed by atoms with Gasteiger partial charge in [0, 0.05) is 11.3 Å². The molecule has 0 aliphatic rings. The van der Waals surface area contributed by atoms with E-state index in [4.69, 9.17) is 0 Å². The molecule has 0 fully saturated rings. The van der Waals surface area contributed by atoms with Crippen LogP contribution in [0.3, 0.4) is 0 Å². The first-order valence-corrected chi connectivity index (χ1v) is 8.27. The van der Waals surface area contributed by atoms with E-state index in [1.165, 1.54) is 12.1 Å². The van der Waals surface area contributed by atoms with Gasteiger partial charge in [-0.3, -0.25) is 4.79 Å². The molecule has 0 bridgehead atoms. The van der Waals surface area contributed by atoms with E-state index in [1.54, 1.807) is 6.07 Å². The highest BCUT2D eigenvalue weighted by Gasteiger charge is 2.26. The van der Waals surface area contributed by atoms with Gasteiger partial charge in [0.1, 0.15) is 0 Å². The quantitative estimate of drug-likeness (QED) is 0.926. The fourth-order valence-electron chi connectivity index (χ4n) is 1.92. The van der Waals surface area contributed by atoms with Gasteiger partial charge in [0.25, 0.3) is 5.91 Å². The minimum absolute atomic E-state index is 0.177. The summed E-state index contributed by atoms with van der Waals surface area (Å²) in [7, 11) is -4.65. The van der Waals surface area contributed by atoms with Crippen molar-refractivity contribution in [2.75, 3.05) is 5.32 Å². The van der Waals surface area contributed by atoms with Crippen LogP contribution in [0, 0.1) is 13.8 Å². The lowest BCUT2D eigenvalue weighted by Gasteiger charge is -2.08. The molecular weight excluding hydrogens is 324 g/mol. The second-order valence-corrected chi connectivity index (χ2v) is 7.00. The monoisotopic (exact) mass is 339 g/mol. The number of carbonyl (C=O) groups is 1. The van der Waals surface area contributed by atoms with E-state index in [1.807, 2.05) is 26.0 Å². The Balaban J connectivity index is 2.19. The normalized spacial score (nSPS) is 11.5. The highest BCUT2D eigenvalue weighted by molar-refractivity contribution is 7.91. The van der Waals surface area contributed by atoms with Crippen LogP contribution < -0.4 is 5.32 Å². The molecule has 2 aromatic carbocycles. The van der Waals surface area contributed by atoms with E-state index in [2.05, 4.69) is 5.32 Å². The smallest absolute Gasteiger partial charge is 0.322 e. The highest BCUT2D eigenvalue weighted by Crippen LogP contribution is 2.20. The van der Waals surface area contributed by atoms with Crippen LogP contribution in [0.15, 0.2) is 47.4 Å². The summed E-state index contributed by atoms with van der Waals surface area (Å²) in [6.07, 6.45) is 0. The lowest BCUT2D eigenvalue weighted by Crippen LogP contribution is -2.14. The Hall–Kier alpha value is -2.28. The van der Waals surface area contributed by atoms with E-state index in [9.17, 15) is 22.0 Å². The molecule has 2 rings (SSSR count). The van der Waals surface area contributed by atoms with Gasteiger partial charge in [-0.1, -0.05) is 6.07 Å². The van der Waals surface area contributed by atoms with Gasteiger partial charge in [-0.15, -0.1) is 0 Å². The number of anilines is 1. The number of halogens is 2. The Morgan fingerprint density at radius 1 is 1.00 bits per heavy atom. The second-order valence-electron chi connectivity index (χ2n) is 5.08. The lowest BCUT2D eigenvalue weighted by atomic mass is 10.1. The van der Waals surface area contributed by atoms with Crippen LogP contribution in [0.1, 0.15) is 21.5 Å². The molecule has 0 heterocycles. The predicted molar refractivity (Wildman–Crippen MR) is 83.5 cm³/mol. The first kappa shape index (κ1) is 17.1.